The van der Waals surface area contributed by atoms with E-state index < -0.39 is 0 Å². The zero-order valence-electron chi connectivity index (χ0n) is 15.0. The molecule has 0 radical (unpaired) electrons. The summed E-state index contributed by atoms with van der Waals surface area (Å²) in [6, 6.07) is 25.5. The molecule has 0 bridgehead atoms. The molecule has 0 aromatic heterocycles. The third-order valence-corrected chi connectivity index (χ3v) is 4.56. The highest BCUT2D eigenvalue weighted by Crippen LogP contribution is 2.21. The first kappa shape index (κ1) is 19.0. The lowest BCUT2D eigenvalue weighted by Gasteiger charge is -2.16. The van der Waals surface area contributed by atoms with E-state index in [2.05, 4.69) is 45.6 Å². The maximum Gasteiger partial charge on any atom is 0.262 e. The number of rotatable bonds is 7. The van der Waals surface area contributed by atoms with Gasteiger partial charge in [-0.15, -0.1) is 0 Å². The largest absolute Gasteiger partial charge is 0.484 e. The van der Waals surface area contributed by atoms with Crippen LogP contribution in [0.1, 0.15) is 18.5 Å². The number of carbonyl (C=O) groups excluding carboxylic acids is 1. The number of amides is 1. The third kappa shape index (κ3) is 5.86. The molecular formula is C22H21BrN2O2. The number of hydrogen-bond acceptors (Lipinski definition) is 3. The fraction of sp³-hybridized carbons (Fsp3) is 0.136. The number of hydrogen-bond donors (Lipinski definition) is 2. The van der Waals surface area contributed by atoms with E-state index in [1.165, 1.54) is 5.56 Å². The molecular weight excluding hydrogens is 404 g/mol. The van der Waals surface area contributed by atoms with Crippen LogP contribution in [-0.2, 0) is 4.79 Å². The van der Waals surface area contributed by atoms with Crippen LogP contribution < -0.4 is 15.4 Å². The maximum atomic E-state index is 12.0. The smallest absolute Gasteiger partial charge is 0.262 e. The molecule has 4 nitrogen and oxygen atoms in total. The van der Waals surface area contributed by atoms with E-state index in [1.54, 1.807) is 0 Å². The van der Waals surface area contributed by atoms with Gasteiger partial charge < -0.3 is 15.4 Å². The van der Waals surface area contributed by atoms with Crippen molar-refractivity contribution in [3.8, 4) is 5.75 Å². The van der Waals surface area contributed by atoms with Crippen LogP contribution >= 0.6 is 15.9 Å². The quantitative estimate of drug-likeness (QED) is 0.515. The molecule has 0 aliphatic carbocycles. The summed E-state index contributed by atoms with van der Waals surface area (Å²) in [4.78, 5) is 12.0. The monoisotopic (exact) mass is 424 g/mol. The molecule has 0 aliphatic rings. The van der Waals surface area contributed by atoms with E-state index in [0.717, 1.165) is 15.8 Å². The fourth-order valence-corrected chi connectivity index (χ4v) is 2.87. The molecule has 3 aromatic carbocycles. The Balaban J connectivity index is 1.49. The summed E-state index contributed by atoms with van der Waals surface area (Å²) >= 11 is 3.36. The highest BCUT2D eigenvalue weighted by atomic mass is 79.9. The van der Waals surface area contributed by atoms with Crippen molar-refractivity contribution in [1.29, 1.82) is 0 Å². The molecule has 1 unspecified atom stereocenters. The van der Waals surface area contributed by atoms with Crippen molar-refractivity contribution in [3.05, 3.63) is 88.9 Å². The number of anilines is 2. The zero-order chi connectivity index (χ0) is 19.1. The van der Waals surface area contributed by atoms with Crippen LogP contribution in [0.4, 0.5) is 11.4 Å². The molecule has 2 N–H and O–H groups in total. The summed E-state index contributed by atoms with van der Waals surface area (Å²) < 4.78 is 6.44. The van der Waals surface area contributed by atoms with E-state index in [4.69, 9.17) is 4.74 Å². The lowest BCUT2D eigenvalue weighted by molar-refractivity contribution is -0.118. The van der Waals surface area contributed by atoms with Crippen molar-refractivity contribution in [2.24, 2.45) is 0 Å². The Hall–Kier alpha value is -2.79. The normalized spacial score (nSPS) is 11.5. The van der Waals surface area contributed by atoms with Gasteiger partial charge in [0.1, 0.15) is 5.75 Å². The Morgan fingerprint density at radius 1 is 0.926 bits per heavy atom. The van der Waals surface area contributed by atoms with Gasteiger partial charge in [-0.05, 0) is 61.0 Å². The van der Waals surface area contributed by atoms with Crippen molar-refractivity contribution >= 4 is 33.2 Å². The summed E-state index contributed by atoms with van der Waals surface area (Å²) in [7, 11) is 0. The molecule has 0 fully saturated rings. The summed E-state index contributed by atoms with van der Waals surface area (Å²) in [5.41, 5.74) is 2.95. The van der Waals surface area contributed by atoms with Crippen molar-refractivity contribution < 1.29 is 9.53 Å². The molecule has 27 heavy (non-hydrogen) atoms. The van der Waals surface area contributed by atoms with Gasteiger partial charge in [0.15, 0.2) is 6.61 Å². The van der Waals surface area contributed by atoms with E-state index in [0.29, 0.717) is 5.75 Å². The third-order valence-electron chi connectivity index (χ3n) is 4.03. The van der Waals surface area contributed by atoms with Gasteiger partial charge in [0, 0.05) is 21.9 Å². The summed E-state index contributed by atoms with van der Waals surface area (Å²) in [5, 5.41) is 6.28. The standard InChI is InChI=1S/C22H21BrN2O2/c1-16(17-5-3-2-4-6-17)24-19-9-11-20(12-10-19)25-22(26)15-27-21-13-7-18(23)8-14-21/h2-14,16,24H,15H2,1H3,(H,25,26). The average Bonchev–Trinajstić information content (AvgIpc) is 2.70. The minimum Gasteiger partial charge on any atom is -0.484 e. The van der Waals surface area contributed by atoms with Gasteiger partial charge >= 0.3 is 0 Å². The van der Waals surface area contributed by atoms with E-state index >= 15 is 0 Å². The molecule has 3 aromatic rings. The van der Waals surface area contributed by atoms with E-state index in [9.17, 15) is 4.79 Å². The highest BCUT2D eigenvalue weighted by molar-refractivity contribution is 9.10. The van der Waals surface area contributed by atoms with Crippen molar-refractivity contribution in [3.63, 3.8) is 0 Å². The minimum atomic E-state index is -0.198. The summed E-state index contributed by atoms with van der Waals surface area (Å²) in [5.74, 6) is 0.457. The molecule has 0 saturated carbocycles. The van der Waals surface area contributed by atoms with Crippen LogP contribution in [0.25, 0.3) is 0 Å². The van der Waals surface area contributed by atoms with Gasteiger partial charge in [0.2, 0.25) is 0 Å². The molecule has 1 atom stereocenters. The van der Waals surface area contributed by atoms with Gasteiger partial charge in [0.25, 0.3) is 5.91 Å². The van der Waals surface area contributed by atoms with Gasteiger partial charge in [0.05, 0.1) is 0 Å². The first-order chi connectivity index (χ1) is 13.1. The number of halogens is 1. The minimum absolute atomic E-state index is 0.0350. The molecule has 3 rings (SSSR count). The summed E-state index contributed by atoms with van der Waals surface area (Å²) in [6.45, 7) is 2.08. The Labute approximate surface area is 167 Å². The Morgan fingerprint density at radius 3 is 2.22 bits per heavy atom. The predicted molar refractivity (Wildman–Crippen MR) is 113 cm³/mol. The zero-order valence-corrected chi connectivity index (χ0v) is 16.6. The van der Waals surface area contributed by atoms with Crippen LogP contribution in [0.15, 0.2) is 83.3 Å². The topological polar surface area (TPSA) is 50.4 Å². The number of nitrogens with one attached hydrogen (secondary N) is 2. The molecule has 138 valence electrons. The lowest BCUT2D eigenvalue weighted by Crippen LogP contribution is -2.20. The second-order valence-corrected chi connectivity index (χ2v) is 7.06. The molecule has 1 amide bonds. The van der Waals surface area contributed by atoms with E-state index in [-0.39, 0.29) is 18.6 Å². The highest BCUT2D eigenvalue weighted by Gasteiger charge is 2.06. The molecule has 0 spiro atoms. The van der Waals surface area contributed by atoms with Crippen LogP contribution in [0.5, 0.6) is 5.75 Å². The fourth-order valence-electron chi connectivity index (χ4n) is 2.60. The van der Waals surface area contributed by atoms with Gasteiger partial charge in [-0.2, -0.15) is 0 Å². The molecule has 0 saturated heterocycles. The van der Waals surface area contributed by atoms with Crippen LogP contribution in [0, 0.1) is 0 Å². The molecule has 0 aliphatic heterocycles. The maximum absolute atomic E-state index is 12.0. The SMILES string of the molecule is CC(Nc1ccc(NC(=O)COc2ccc(Br)cc2)cc1)c1ccccc1. The summed E-state index contributed by atoms with van der Waals surface area (Å²) in [6.07, 6.45) is 0. The van der Waals surface area contributed by atoms with Crippen LogP contribution in [0.2, 0.25) is 0 Å². The number of carbonyl (C=O) groups is 1. The van der Waals surface area contributed by atoms with Gasteiger partial charge in [-0.3, -0.25) is 4.79 Å². The number of ether oxygens (including phenoxy) is 1. The second kappa shape index (κ2) is 9.24. The first-order valence-corrected chi connectivity index (χ1v) is 9.49. The first-order valence-electron chi connectivity index (χ1n) is 8.70. The van der Waals surface area contributed by atoms with Gasteiger partial charge in [-0.25, -0.2) is 0 Å². The predicted octanol–water partition coefficient (Wildman–Crippen LogP) is 5.64. The van der Waals surface area contributed by atoms with E-state index in [1.807, 2.05) is 66.7 Å². The number of benzene rings is 3. The van der Waals surface area contributed by atoms with Crippen LogP contribution in [-0.4, -0.2) is 12.5 Å². The lowest BCUT2D eigenvalue weighted by atomic mass is 10.1. The van der Waals surface area contributed by atoms with Crippen molar-refractivity contribution in [1.82, 2.24) is 0 Å². The molecule has 0 heterocycles. The average molecular weight is 425 g/mol. The Kier molecular flexibility index (Phi) is 6.49. The Morgan fingerprint density at radius 2 is 1.56 bits per heavy atom. The van der Waals surface area contributed by atoms with Crippen LogP contribution in [0.3, 0.4) is 0 Å². The Bertz CT molecular complexity index is 865. The molecule has 5 heteroatoms. The second-order valence-electron chi connectivity index (χ2n) is 6.14. The van der Waals surface area contributed by atoms with Crippen molar-refractivity contribution in [2.45, 2.75) is 13.0 Å². The van der Waals surface area contributed by atoms with Crippen molar-refractivity contribution in [2.75, 3.05) is 17.2 Å². The van der Waals surface area contributed by atoms with Gasteiger partial charge in [-0.1, -0.05) is 46.3 Å².